The maximum absolute atomic E-state index is 11.9. The molecule has 0 atom stereocenters. The van der Waals surface area contributed by atoms with Gasteiger partial charge in [0.1, 0.15) is 5.75 Å². The van der Waals surface area contributed by atoms with Gasteiger partial charge in [0, 0.05) is 6.04 Å². The Hall–Kier alpha value is -1.55. The molecule has 20 heavy (non-hydrogen) atoms. The predicted molar refractivity (Wildman–Crippen MR) is 75.2 cm³/mol. The van der Waals surface area contributed by atoms with E-state index < -0.39 is 0 Å². The highest BCUT2D eigenvalue weighted by Gasteiger charge is 2.42. The van der Waals surface area contributed by atoms with Gasteiger partial charge in [-0.2, -0.15) is 0 Å². The van der Waals surface area contributed by atoms with Crippen LogP contribution in [0.1, 0.15) is 31.2 Å². The first kappa shape index (κ1) is 13.4. The molecule has 108 valence electrons. The third-order valence-corrected chi connectivity index (χ3v) is 4.06. The molecule has 0 aromatic heterocycles. The molecule has 0 saturated heterocycles. The van der Waals surface area contributed by atoms with E-state index in [-0.39, 0.29) is 19.1 Å². The summed E-state index contributed by atoms with van der Waals surface area (Å²) in [5.74, 6) is 2.04. The number of rotatable bonds is 7. The standard InChI is InChI=1S/C16H21NO3/c18-9-11-1-7-14(8-2-11)20-10-15(19)17-16(12-3-4-12)13-5-6-13/h1-2,7-8,12-13,16,18H,3-6,9-10H2,(H,17,19). The van der Waals surface area contributed by atoms with E-state index >= 15 is 0 Å². The summed E-state index contributed by atoms with van der Waals surface area (Å²) in [5, 5.41) is 12.1. The Bertz CT molecular complexity index is 451. The number of amides is 1. The SMILES string of the molecule is O=C(COc1ccc(CO)cc1)NC(C1CC1)C1CC1. The van der Waals surface area contributed by atoms with E-state index in [1.165, 1.54) is 25.7 Å². The molecule has 0 radical (unpaired) electrons. The number of carbonyl (C=O) groups is 1. The number of nitrogens with one attached hydrogen (secondary N) is 1. The molecule has 4 nitrogen and oxygen atoms in total. The summed E-state index contributed by atoms with van der Waals surface area (Å²) in [6.07, 6.45) is 5.02. The number of hydrogen-bond acceptors (Lipinski definition) is 3. The van der Waals surface area contributed by atoms with Crippen LogP contribution in [0.15, 0.2) is 24.3 Å². The number of ether oxygens (including phenoxy) is 1. The monoisotopic (exact) mass is 275 g/mol. The van der Waals surface area contributed by atoms with Gasteiger partial charge in [-0.15, -0.1) is 0 Å². The fourth-order valence-electron chi connectivity index (χ4n) is 2.60. The average molecular weight is 275 g/mol. The molecule has 0 unspecified atom stereocenters. The second-order valence-corrected chi connectivity index (χ2v) is 5.86. The molecule has 1 aromatic carbocycles. The molecule has 2 fully saturated rings. The summed E-state index contributed by atoms with van der Waals surface area (Å²) in [5.41, 5.74) is 0.837. The van der Waals surface area contributed by atoms with Gasteiger partial charge in [-0.3, -0.25) is 4.79 Å². The molecule has 4 heteroatoms. The van der Waals surface area contributed by atoms with Gasteiger partial charge in [0.15, 0.2) is 6.61 Å². The van der Waals surface area contributed by atoms with Crippen molar-refractivity contribution in [3.05, 3.63) is 29.8 Å². The molecule has 0 bridgehead atoms. The third-order valence-electron chi connectivity index (χ3n) is 4.06. The smallest absolute Gasteiger partial charge is 0.258 e. The van der Waals surface area contributed by atoms with Gasteiger partial charge < -0.3 is 15.2 Å². The molecule has 1 aromatic rings. The summed E-state index contributed by atoms with van der Waals surface area (Å²) in [6.45, 7) is 0.0830. The van der Waals surface area contributed by atoms with E-state index in [1.54, 1.807) is 24.3 Å². The van der Waals surface area contributed by atoms with Crippen LogP contribution >= 0.6 is 0 Å². The number of benzene rings is 1. The van der Waals surface area contributed by atoms with Crippen molar-refractivity contribution in [1.82, 2.24) is 5.32 Å². The highest BCUT2D eigenvalue weighted by atomic mass is 16.5. The molecule has 3 rings (SSSR count). The number of hydrogen-bond donors (Lipinski definition) is 2. The molecular weight excluding hydrogens is 254 g/mol. The number of aliphatic hydroxyl groups excluding tert-OH is 1. The normalized spacial score (nSPS) is 18.1. The highest BCUT2D eigenvalue weighted by molar-refractivity contribution is 5.78. The van der Waals surface area contributed by atoms with Gasteiger partial charge in [-0.1, -0.05) is 12.1 Å². The molecule has 2 aliphatic carbocycles. The maximum Gasteiger partial charge on any atom is 0.258 e. The van der Waals surface area contributed by atoms with Crippen LogP contribution in [0.2, 0.25) is 0 Å². The fourth-order valence-corrected chi connectivity index (χ4v) is 2.60. The number of aliphatic hydroxyl groups is 1. The van der Waals surface area contributed by atoms with Crippen molar-refractivity contribution in [3.63, 3.8) is 0 Å². The zero-order valence-electron chi connectivity index (χ0n) is 11.5. The van der Waals surface area contributed by atoms with Gasteiger partial charge in [-0.25, -0.2) is 0 Å². The van der Waals surface area contributed by atoms with Gasteiger partial charge in [0.2, 0.25) is 0 Å². The lowest BCUT2D eigenvalue weighted by atomic mass is 10.1. The molecule has 0 heterocycles. The molecule has 2 aliphatic rings. The van der Waals surface area contributed by atoms with Crippen LogP contribution < -0.4 is 10.1 Å². The Morgan fingerprint density at radius 2 is 1.80 bits per heavy atom. The minimum Gasteiger partial charge on any atom is -0.484 e. The van der Waals surface area contributed by atoms with Crippen molar-refractivity contribution >= 4 is 5.91 Å². The molecule has 0 spiro atoms. The number of carbonyl (C=O) groups excluding carboxylic acids is 1. The van der Waals surface area contributed by atoms with Crippen molar-refractivity contribution in [3.8, 4) is 5.75 Å². The van der Waals surface area contributed by atoms with Gasteiger partial charge in [0.25, 0.3) is 5.91 Å². The van der Waals surface area contributed by atoms with Crippen molar-refractivity contribution in [2.45, 2.75) is 38.3 Å². The molecule has 2 N–H and O–H groups in total. The Morgan fingerprint density at radius 3 is 2.30 bits per heavy atom. The van der Waals surface area contributed by atoms with Crippen molar-refractivity contribution < 1.29 is 14.6 Å². The second kappa shape index (κ2) is 5.83. The lowest BCUT2D eigenvalue weighted by Gasteiger charge is -2.17. The largest absolute Gasteiger partial charge is 0.484 e. The van der Waals surface area contributed by atoms with Crippen LogP contribution in [-0.2, 0) is 11.4 Å². The van der Waals surface area contributed by atoms with Crippen LogP contribution in [0.3, 0.4) is 0 Å². The zero-order chi connectivity index (χ0) is 13.9. The lowest BCUT2D eigenvalue weighted by molar-refractivity contribution is -0.124. The van der Waals surface area contributed by atoms with Gasteiger partial charge in [0.05, 0.1) is 6.61 Å². The topological polar surface area (TPSA) is 58.6 Å². The lowest BCUT2D eigenvalue weighted by Crippen LogP contribution is -2.40. The Balaban J connectivity index is 1.45. The molecular formula is C16H21NO3. The van der Waals surface area contributed by atoms with E-state index in [2.05, 4.69) is 5.32 Å². The van der Waals surface area contributed by atoms with Crippen LogP contribution in [0.4, 0.5) is 0 Å². The van der Waals surface area contributed by atoms with Crippen LogP contribution in [0.5, 0.6) is 5.75 Å². The van der Waals surface area contributed by atoms with Crippen molar-refractivity contribution in [2.75, 3.05) is 6.61 Å². The van der Waals surface area contributed by atoms with Crippen molar-refractivity contribution in [2.24, 2.45) is 11.8 Å². The van der Waals surface area contributed by atoms with E-state index in [0.29, 0.717) is 23.6 Å². The Kier molecular flexibility index (Phi) is 3.92. The van der Waals surface area contributed by atoms with Crippen LogP contribution in [0, 0.1) is 11.8 Å². The summed E-state index contributed by atoms with van der Waals surface area (Å²) in [4.78, 5) is 11.9. The van der Waals surface area contributed by atoms with E-state index in [9.17, 15) is 4.79 Å². The van der Waals surface area contributed by atoms with Crippen molar-refractivity contribution in [1.29, 1.82) is 0 Å². The first-order chi connectivity index (χ1) is 9.76. The summed E-state index contributed by atoms with van der Waals surface area (Å²) < 4.78 is 5.47. The highest BCUT2D eigenvalue weighted by Crippen LogP contribution is 2.44. The molecule has 1 amide bonds. The predicted octanol–water partition coefficient (Wildman–Crippen LogP) is 1.86. The zero-order valence-corrected chi connectivity index (χ0v) is 11.5. The van der Waals surface area contributed by atoms with Crippen LogP contribution in [0.25, 0.3) is 0 Å². The fraction of sp³-hybridized carbons (Fsp3) is 0.562. The minimum absolute atomic E-state index is 0.0191. The van der Waals surface area contributed by atoms with E-state index in [1.807, 2.05) is 0 Å². The van der Waals surface area contributed by atoms with Gasteiger partial charge >= 0.3 is 0 Å². The molecule has 0 aliphatic heterocycles. The molecule has 2 saturated carbocycles. The summed E-state index contributed by atoms with van der Waals surface area (Å²) >= 11 is 0. The summed E-state index contributed by atoms with van der Waals surface area (Å²) in [7, 11) is 0. The van der Waals surface area contributed by atoms with Crippen LogP contribution in [-0.4, -0.2) is 23.7 Å². The Morgan fingerprint density at radius 1 is 1.20 bits per heavy atom. The second-order valence-electron chi connectivity index (χ2n) is 5.86. The van der Waals surface area contributed by atoms with E-state index in [0.717, 1.165) is 5.56 Å². The first-order valence-corrected chi connectivity index (χ1v) is 7.38. The third kappa shape index (κ3) is 3.51. The summed E-state index contributed by atoms with van der Waals surface area (Å²) in [6, 6.07) is 7.52. The minimum atomic E-state index is -0.0277. The van der Waals surface area contributed by atoms with E-state index in [4.69, 9.17) is 9.84 Å². The van der Waals surface area contributed by atoms with Gasteiger partial charge in [-0.05, 0) is 55.2 Å². The average Bonchev–Trinajstić information content (AvgIpc) is 3.36. The quantitative estimate of drug-likeness (QED) is 0.798. The maximum atomic E-state index is 11.9. The Labute approximate surface area is 119 Å². The first-order valence-electron chi connectivity index (χ1n) is 7.38.